The number of anilines is 1. The molecule has 0 bridgehead atoms. The van der Waals surface area contributed by atoms with Crippen LogP contribution in [0.3, 0.4) is 0 Å². The van der Waals surface area contributed by atoms with Crippen molar-refractivity contribution in [3.8, 4) is 6.07 Å². The Morgan fingerprint density at radius 2 is 1.82 bits per heavy atom. The first-order valence-corrected chi connectivity index (χ1v) is 10.00. The van der Waals surface area contributed by atoms with Crippen molar-refractivity contribution in [2.75, 3.05) is 4.72 Å². The molecule has 0 spiro atoms. The number of nitrogens with zero attached hydrogens (tertiary/aromatic N) is 2. The fraction of sp³-hybridized carbons (Fsp3) is 0.0500. The molecule has 0 fully saturated rings. The normalized spacial score (nSPS) is 12.0. The van der Waals surface area contributed by atoms with Gasteiger partial charge in [0, 0.05) is 22.5 Å². The molecule has 3 aromatic rings. The number of sulfonamides is 1. The second-order valence-corrected chi connectivity index (χ2v) is 7.94. The summed E-state index contributed by atoms with van der Waals surface area (Å²) in [5, 5.41) is 9.88. The molecule has 0 saturated carbocycles. The molecule has 1 N–H and O–H groups in total. The highest BCUT2D eigenvalue weighted by Gasteiger charge is 2.24. The van der Waals surface area contributed by atoms with Crippen LogP contribution in [-0.2, 0) is 10.0 Å². The summed E-state index contributed by atoms with van der Waals surface area (Å²) in [6.45, 7) is 0. The molecule has 8 heteroatoms. The van der Waals surface area contributed by atoms with Gasteiger partial charge in [-0.25, -0.2) is 8.42 Å². The number of Topliss-reactive ketones (excluding diaryl/α,β-unsaturated/α-hetero) is 1. The number of nitriles is 1. The number of aromatic nitrogens is 1. The number of hydrogen-bond donors (Lipinski definition) is 1. The first kappa shape index (κ1) is 19.5. The molecular weight excluding hydrogens is 398 g/mol. The van der Waals surface area contributed by atoms with Gasteiger partial charge in [-0.3, -0.25) is 14.5 Å². The second kappa shape index (κ2) is 8.21. The first-order valence-electron chi connectivity index (χ1n) is 8.14. The SMILES string of the molecule is N#C[C@@H](C(=O)c1cccc(S(=O)(=O)Nc2ccc(Cl)cc2)c1)c1ccccn1. The van der Waals surface area contributed by atoms with E-state index in [1.165, 1.54) is 42.6 Å². The molecule has 0 unspecified atom stereocenters. The lowest BCUT2D eigenvalue weighted by Crippen LogP contribution is -2.16. The molecule has 0 amide bonds. The Morgan fingerprint density at radius 3 is 2.46 bits per heavy atom. The van der Waals surface area contributed by atoms with E-state index >= 15 is 0 Å². The summed E-state index contributed by atoms with van der Waals surface area (Å²) in [5.41, 5.74) is 0.753. The largest absolute Gasteiger partial charge is 0.292 e. The number of halogens is 1. The van der Waals surface area contributed by atoms with Crippen molar-refractivity contribution in [1.82, 2.24) is 4.98 Å². The van der Waals surface area contributed by atoms with E-state index in [0.717, 1.165) is 0 Å². The quantitative estimate of drug-likeness (QED) is 0.617. The minimum atomic E-state index is -3.92. The Bertz CT molecular complexity index is 1140. The summed E-state index contributed by atoms with van der Waals surface area (Å²) >= 11 is 5.80. The maximum atomic E-state index is 12.8. The Kier molecular flexibility index (Phi) is 5.73. The average Bonchev–Trinajstić information content (AvgIpc) is 2.71. The first-order chi connectivity index (χ1) is 13.4. The summed E-state index contributed by atoms with van der Waals surface area (Å²) in [4.78, 5) is 16.7. The predicted octanol–water partition coefficient (Wildman–Crippen LogP) is 4.03. The molecule has 0 aliphatic heterocycles. The van der Waals surface area contributed by atoms with Crippen molar-refractivity contribution in [2.45, 2.75) is 10.8 Å². The number of rotatable bonds is 6. The van der Waals surface area contributed by atoms with Gasteiger partial charge in [-0.15, -0.1) is 0 Å². The molecule has 1 atom stereocenters. The smallest absolute Gasteiger partial charge is 0.261 e. The lowest BCUT2D eigenvalue weighted by molar-refractivity contribution is 0.0977. The van der Waals surface area contributed by atoms with Gasteiger partial charge in [0.25, 0.3) is 10.0 Å². The van der Waals surface area contributed by atoms with Gasteiger partial charge in [0.1, 0.15) is 0 Å². The van der Waals surface area contributed by atoms with Crippen molar-refractivity contribution < 1.29 is 13.2 Å². The number of benzene rings is 2. The molecule has 0 saturated heterocycles. The Hall–Kier alpha value is -3.21. The highest BCUT2D eigenvalue weighted by atomic mass is 35.5. The topological polar surface area (TPSA) is 99.9 Å². The van der Waals surface area contributed by atoms with Crippen molar-refractivity contribution in [2.24, 2.45) is 0 Å². The van der Waals surface area contributed by atoms with Crippen LogP contribution >= 0.6 is 11.6 Å². The van der Waals surface area contributed by atoms with Crippen LogP contribution in [0.1, 0.15) is 22.0 Å². The van der Waals surface area contributed by atoms with Crippen molar-refractivity contribution >= 4 is 33.1 Å². The van der Waals surface area contributed by atoms with Gasteiger partial charge in [-0.2, -0.15) is 5.26 Å². The van der Waals surface area contributed by atoms with Crippen LogP contribution in [0.2, 0.25) is 5.02 Å². The maximum Gasteiger partial charge on any atom is 0.261 e. The summed E-state index contributed by atoms with van der Waals surface area (Å²) in [7, 11) is -3.92. The van der Waals surface area contributed by atoms with Crippen LogP contribution in [-0.4, -0.2) is 19.2 Å². The number of carbonyl (C=O) groups is 1. The molecular formula is C20H14ClN3O3S. The van der Waals surface area contributed by atoms with Crippen molar-refractivity contribution in [1.29, 1.82) is 5.26 Å². The lowest BCUT2D eigenvalue weighted by atomic mass is 9.95. The van der Waals surface area contributed by atoms with Gasteiger partial charge in [0.2, 0.25) is 0 Å². The fourth-order valence-corrected chi connectivity index (χ4v) is 3.75. The molecule has 140 valence electrons. The van der Waals surface area contributed by atoms with Crippen molar-refractivity contribution in [3.63, 3.8) is 0 Å². The third kappa shape index (κ3) is 4.36. The van der Waals surface area contributed by atoms with Gasteiger partial charge in [-0.1, -0.05) is 29.8 Å². The fourth-order valence-electron chi connectivity index (χ4n) is 2.52. The zero-order chi connectivity index (χ0) is 20.1. The van der Waals surface area contributed by atoms with Crippen LogP contribution in [0, 0.1) is 11.3 Å². The summed E-state index contributed by atoms with van der Waals surface area (Å²) < 4.78 is 27.7. The van der Waals surface area contributed by atoms with E-state index in [4.69, 9.17) is 11.6 Å². The lowest BCUT2D eigenvalue weighted by Gasteiger charge is -2.11. The third-order valence-electron chi connectivity index (χ3n) is 3.90. The molecule has 1 aromatic heterocycles. The van der Waals surface area contributed by atoms with Crippen LogP contribution in [0.4, 0.5) is 5.69 Å². The zero-order valence-corrected chi connectivity index (χ0v) is 16.0. The molecule has 1 heterocycles. The Morgan fingerprint density at radius 1 is 1.07 bits per heavy atom. The minimum Gasteiger partial charge on any atom is -0.292 e. The van der Waals surface area contributed by atoms with Crippen LogP contribution in [0.5, 0.6) is 0 Å². The molecule has 6 nitrogen and oxygen atoms in total. The standard InChI is InChI=1S/C20H14ClN3O3S/c21-15-7-9-16(10-8-15)24-28(26,27)17-5-3-4-14(12-17)20(25)18(13-22)19-6-1-2-11-23-19/h1-12,18,24H/t18-/m1/s1. The van der Waals surface area contributed by atoms with Gasteiger partial charge >= 0.3 is 0 Å². The molecule has 0 radical (unpaired) electrons. The van der Waals surface area contributed by atoms with Crippen LogP contribution < -0.4 is 4.72 Å². The van der Waals surface area contributed by atoms with E-state index < -0.39 is 21.7 Å². The summed E-state index contributed by atoms with van der Waals surface area (Å²) in [5.74, 6) is -1.65. The summed E-state index contributed by atoms with van der Waals surface area (Å²) in [6.07, 6.45) is 1.49. The number of pyridine rings is 1. The second-order valence-electron chi connectivity index (χ2n) is 5.82. The van der Waals surface area contributed by atoms with E-state index in [1.54, 1.807) is 30.3 Å². The maximum absolute atomic E-state index is 12.8. The van der Waals surface area contributed by atoms with E-state index in [0.29, 0.717) is 16.4 Å². The minimum absolute atomic E-state index is 0.0917. The Labute approximate surface area is 167 Å². The van der Waals surface area contributed by atoms with E-state index in [1.807, 2.05) is 6.07 Å². The molecule has 2 aromatic carbocycles. The van der Waals surface area contributed by atoms with Crippen molar-refractivity contribution in [3.05, 3.63) is 89.2 Å². The number of nitrogens with one attached hydrogen (secondary N) is 1. The highest BCUT2D eigenvalue weighted by molar-refractivity contribution is 7.92. The highest BCUT2D eigenvalue weighted by Crippen LogP contribution is 2.22. The number of ketones is 1. The zero-order valence-electron chi connectivity index (χ0n) is 14.4. The Balaban J connectivity index is 1.90. The van der Waals surface area contributed by atoms with E-state index in [2.05, 4.69) is 9.71 Å². The monoisotopic (exact) mass is 411 g/mol. The van der Waals surface area contributed by atoms with Crippen LogP contribution in [0.25, 0.3) is 0 Å². The van der Waals surface area contributed by atoms with Gasteiger partial charge in [0.15, 0.2) is 11.7 Å². The molecule has 0 aliphatic carbocycles. The van der Waals surface area contributed by atoms with E-state index in [-0.39, 0.29) is 10.5 Å². The van der Waals surface area contributed by atoms with Gasteiger partial charge < -0.3 is 0 Å². The number of carbonyl (C=O) groups excluding carboxylic acids is 1. The predicted molar refractivity (Wildman–Crippen MR) is 106 cm³/mol. The van der Waals surface area contributed by atoms with Gasteiger partial charge in [-0.05, 0) is 48.5 Å². The summed E-state index contributed by atoms with van der Waals surface area (Å²) in [6, 6.07) is 18.6. The van der Waals surface area contributed by atoms with Gasteiger partial charge in [0.05, 0.1) is 16.7 Å². The molecule has 28 heavy (non-hydrogen) atoms. The van der Waals surface area contributed by atoms with E-state index in [9.17, 15) is 18.5 Å². The third-order valence-corrected chi connectivity index (χ3v) is 5.53. The average molecular weight is 412 g/mol. The van der Waals surface area contributed by atoms with Crippen LogP contribution in [0.15, 0.2) is 77.8 Å². The molecule has 0 aliphatic rings. The molecule has 3 rings (SSSR count). The number of hydrogen-bond acceptors (Lipinski definition) is 5.